The number of hydrogen-bond acceptors (Lipinski definition) is 0. The molecule has 82 valence electrons. The maximum atomic E-state index is 6.17. The highest BCUT2D eigenvalue weighted by Gasteiger charge is 2.34. The summed E-state index contributed by atoms with van der Waals surface area (Å²) >= 11 is 6.17. The first-order valence-electron chi connectivity index (χ1n) is 5.96. The zero-order valence-electron chi connectivity index (χ0n) is 9.43. The molecule has 0 bridgehead atoms. The van der Waals surface area contributed by atoms with Crippen molar-refractivity contribution in [1.29, 1.82) is 0 Å². The van der Waals surface area contributed by atoms with Crippen molar-refractivity contribution < 1.29 is 0 Å². The summed E-state index contributed by atoms with van der Waals surface area (Å²) in [5.74, 6) is 0.776. The van der Waals surface area contributed by atoms with Crippen LogP contribution >= 0.6 is 11.6 Å². The van der Waals surface area contributed by atoms with E-state index in [4.69, 9.17) is 11.6 Å². The fraction of sp³-hybridized carbons (Fsp3) is 0.571. The lowest BCUT2D eigenvalue weighted by Gasteiger charge is -2.27. The molecule has 0 spiro atoms. The Morgan fingerprint density at radius 3 is 2.20 bits per heavy atom. The Morgan fingerprint density at radius 2 is 1.73 bits per heavy atom. The molecule has 15 heavy (non-hydrogen) atoms. The van der Waals surface area contributed by atoms with Crippen molar-refractivity contribution >= 4 is 11.6 Å². The van der Waals surface area contributed by atoms with E-state index in [-0.39, 0.29) is 5.41 Å². The predicted octanol–water partition coefficient (Wildman–Crippen LogP) is 4.30. The van der Waals surface area contributed by atoms with Crippen LogP contribution in [-0.4, -0.2) is 5.88 Å². The van der Waals surface area contributed by atoms with Gasteiger partial charge >= 0.3 is 0 Å². The molecule has 0 aliphatic heterocycles. The van der Waals surface area contributed by atoms with Gasteiger partial charge in [-0.05, 0) is 30.4 Å². The van der Waals surface area contributed by atoms with Gasteiger partial charge in [0.25, 0.3) is 0 Å². The summed E-state index contributed by atoms with van der Waals surface area (Å²) in [5, 5.41) is 0. The van der Waals surface area contributed by atoms with Gasteiger partial charge in [0.2, 0.25) is 0 Å². The molecule has 2 rings (SSSR count). The van der Waals surface area contributed by atoms with Crippen LogP contribution in [0.1, 0.15) is 43.7 Å². The minimum atomic E-state index is 0.286. The molecule has 1 aromatic carbocycles. The summed E-state index contributed by atoms with van der Waals surface area (Å²) in [5.41, 5.74) is 3.15. The number of benzene rings is 1. The van der Waals surface area contributed by atoms with Gasteiger partial charge in [-0.15, -0.1) is 11.6 Å². The third-order valence-electron chi connectivity index (χ3n) is 3.79. The quantitative estimate of drug-likeness (QED) is 0.669. The lowest BCUT2D eigenvalue weighted by molar-refractivity contribution is 0.498. The second-order valence-electron chi connectivity index (χ2n) is 4.67. The van der Waals surface area contributed by atoms with Crippen LogP contribution in [0.15, 0.2) is 24.3 Å². The second kappa shape index (κ2) is 4.57. The molecule has 1 aliphatic carbocycles. The Kier molecular flexibility index (Phi) is 3.35. The topological polar surface area (TPSA) is 0 Å². The van der Waals surface area contributed by atoms with Crippen LogP contribution in [0.2, 0.25) is 0 Å². The Bertz CT molecular complexity index is 307. The molecular weight excluding hydrogens is 204 g/mol. The lowest BCUT2D eigenvalue weighted by Crippen LogP contribution is -2.23. The van der Waals surface area contributed by atoms with E-state index >= 15 is 0 Å². The van der Waals surface area contributed by atoms with Crippen molar-refractivity contribution in [2.75, 3.05) is 5.88 Å². The van der Waals surface area contributed by atoms with Gasteiger partial charge in [-0.3, -0.25) is 0 Å². The highest BCUT2D eigenvalue weighted by atomic mass is 35.5. The third-order valence-corrected chi connectivity index (χ3v) is 4.30. The van der Waals surface area contributed by atoms with Gasteiger partial charge in [0.15, 0.2) is 0 Å². The van der Waals surface area contributed by atoms with Crippen molar-refractivity contribution in [3.63, 3.8) is 0 Å². The van der Waals surface area contributed by atoms with E-state index in [0.717, 1.165) is 12.3 Å². The molecule has 1 aromatic rings. The maximum absolute atomic E-state index is 6.17. The van der Waals surface area contributed by atoms with E-state index < -0.39 is 0 Å². The predicted molar refractivity (Wildman–Crippen MR) is 66.7 cm³/mol. The zero-order valence-corrected chi connectivity index (χ0v) is 10.2. The van der Waals surface area contributed by atoms with Gasteiger partial charge in [0.05, 0.1) is 0 Å². The first-order chi connectivity index (χ1) is 7.30. The van der Waals surface area contributed by atoms with Crippen LogP contribution < -0.4 is 0 Å². The average Bonchev–Trinajstić information content (AvgIpc) is 2.79. The fourth-order valence-electron chi connectivity index (χ4n) is 2.65. The van der Waals surface area contributed by atoms with E-state index in [9.17, 15) is 0 Å². The first-order valence-corrected chi connectivity index (χ1v) is 6.49. The van der Waals surface area contributed by atoms with Crippen LogP contribution in [-0.2, 0) is 11.8 Å². The Labute approximate surface area is 97.6 Å². The minimum Gasteiger partial charge on any atom is -0.126 e. The van der Waals surface area contributed by atoms with Crippen LogP contribution in [0.4, 0.5) is 0 Å². The largest absolute Gasteiger partial charge is 0.126 e. The normalized spacial score (nSPS) is 19.3. The number of aryl methyl sites for hydroxylation is 1. The minimum absolute atomic E-state index is 0.286. The molecule has 0 saturated heterocycles. The summed E-state index contributed by atoms with van der Waals surface area (Å²) in [4.78, 5) is 0. The van der Waals surface area contributed by atoms with E-state index in [2.05, 4.69) is 31.2 Å². The number of hydrogen-bond donors (Lipinski definition) is 0. The fourth-order valence-corrected chi connectivity index (χ4v) is 3.07. The number of rotatable bonds is 3. The SMILES string of the molecule is CCc1ccc(C2(CCl)CCCC2)cc1. The van der Waals surface area contributed by atoms with Crippen LogP contribution in [0.25, 0.3) is 0 Å². The van der Waals surface area contributed by atoms with E-state index in [1.54, 1.807) is 0 Å². The van der Waals surface area contributed by atoms with E-state index in [1.807, 2.05) is 0 Å². The molecule has 0 unspecified atom stereocenters. The molecule has 0 nitrogen and oxygen atoms in total. The first kappa shape index (κ1) is 11.0. The molecule has 0 amide bonds. The van der Waals surface area contributed by atoms with Gasteiger partial charge in [-0.25, -0.2) is 0 Å². The summed E-state index contributed by atoms with van der Waals surface area (Å²) in [7, 11) is 0. The van der Waals surface area contributed by atoms with Crippen molar-refractivity contribution in [3.8, 4) is 0 Å². The molecule has 1 saturated carbocycles. The third kappa shape index (κ3) is 2.06. The van der Waals surface area contributed by atoms with Gasteiger partial charge in [-0.2, -0.15) is 0 Å². The van der Waals surface area contributed by atoms with Crippen molar-refractivity contribution in [3.05, 3.63) is 35.4 Å². The molecule has 0 heterocycles. The summed E-state index contributed by atoms with van der Waals surface area (Å²) < 4.78 is 0. The Morgan fingerprint density at radius 1 is 1.13 bits per heavy atom. The average molecular weight is 223 g/mol. The van der Waals surface area contributed by atoms with Gasteiger partial charge in [-0.1, -0.05) is 44.0 Å². The van der Waals surface area contributed by atoms with Crippen LogP contribution in [0, 0.1) is 0 Å². The number of alkyl halides is 1. The Hall–Kier alpha value is -0.490. The molecular formula is C14H19Cl. The standard InChI is InChI=1S/C14H19Cl/c1-2-12-5-7-13(8-6-12)14(11-15)9-3-4-10-14/h5-8H,2-4,9-11H2,1H3. The molecule has 0 atom stereocenters. The summed E-state index contributed by atoms with van der Waals surface area (Å²) in [6.07, 6.45) is 6.32. The molecule has 1 aliphatic rings. The smallest absolute Gasteiger partial charge is 0.0320 e. The molecule has 1 fully saturated rings. The molecule has 0 radical (unpaired) electrons. The summed E-state index contributed by atoms with van der Waals surface area (Å²) in [6, 6.07) is 9.07. The summed E-state index contributed by atoms with van der Waals surface area (Å²) in [6.45, 7) is 2.20. The van der Waals surface area contributed by atoms with E-state index in [0.29, 0.717) is 0 Å². The van der Waals surface area contributed by atoms with Gasteiger partial charge < -0.3 is 0 Å². The van der Waals surface area contributed by atoms with Gasteiger partial charge in [0, 0.05) is 11.3 Å². The molecule has 0 N–H and O–H groups in total. The monoisotopic (exact) mass is 222 g/mol. The molecule has 0 aromatic heterocycles. The second-order valence-corrected chi connectivity index (χ2v) is 4.94. The highest BCUT2D eigenvalue weighted by molar-refractivity contribution is 6.18. The maximum Gasteiger partial charge on any atom is 0.0320 e. The van der Waals surface area contributed by atoms with Crippen molar-refractivity contribution in [2.24, 2.45) is 0 Å². The van der Waals surface area contributed by atoms with Crippen LogP contribution in [0.3, 0.4) is 0 Å². The lowest BCUT2D eigenvalue weighted by atomic mass is 9.80. The number of halogens is 1. The van der Waals surface area contributed by atoms with E-state index in [1.165, 1.54) is 36.8 Å². The van der Waals surface area contributed by atoms with Crippen LogP contribution in [0.5, 0.6) is 0 Å². The van der Waals surface area contributed by atoms with Crippen molar-refractivity contribution in [1.82, 2.24) is 0 Å². The van der Waals surface area contributed by atoms with Gasteiger partial charge in [0.1, 0.15) is 0 Å². The Balaban J connectivity index is 2.26. The highest BCUT2D eigenvalue weighted by Crippen LogP contribution is 2.41. The zero-order chi connectivity index (χ0) is 10.7. The molecule has 1 heteroatoms. The van der Waals surface area contributed by atoms with Crippen molar-refractivity contribution in [2.45, 2.75) is 44.4 Å².